The molecule has 7 nitrogen and oxygen atoms in total. The Kier molecular flexibility index (Phi) is 4.59. The predicted molar refractivity (Wildman–Crippen MR) is 75.2 cm³/mol. The minimum Gasteiger partial charge on any atom is -0.356 e. The highest BCUT2D eigenvalue weighted by Gasteiger charge is 2.25. The topological polar surface area (TPSA) is 97.1 Å². The first-order valence-corrected chi connectivity index (χ1v) is 7.19. The zero-order chi connectivity index (χ0) is 15.5. The Morgan fingerprint density at radius 1 is 1.48 bits per heavy atom. The van der Waals surface area contributed by atoms with Crippen LogP contribution in [0.15, 0.2) is 4.52 Å². The molecule has 21 heavy (non-hydrogen) atoms. The summed E-state index contributed by atoms with van der Waals surface area (Å²) in [6, 6.07) is 0. The smallest absolute Gasteiger partial charge is 0.246 e. The summed E-state index contributed by atoms with van der Waals surface area (Å²) in [4.78, 5) is 27.3. The number of hydrogen-bond acceptors (Lipinski definition) is 5. The van der Waals surface area contributed by atoms with Gasteiger partial charge in [-0.05, 0) is 11.8 Å². The fourth-order valence-corrected chi connectivity index (χ4v) is 2.23. The summed E-state index contributed by atoms with van der Waals surface area (Å²) in [5.41, 5.74) is -0.0560. The molecule has 2 heterocycles. The van der Waals surface area contributed by atoms with E-state index in [0.29, 0.717) is 31.1 Å². The molecule has 0 saturated carbocycles. The van der Waals surface area contributed by atoms with E-state index in [0.717, 1.165) is 6.42 Å². The molecule has 0 spiro atoms. The maximum Gasteiger partial charge on any atom is 0.246 e. The van der Waals surface area contributed by atoms with Crippen LogP contribution in [0, 0.1) is 5.41 Å². The van der Waals surface area contributed by atoms with Crippen molar-refractivity contribution in [3.63, 3.8) is 0 Å². The molecule has 0 bridgehead atoms. The van der Waals surface area contributed by atoms with Gasteiger partial charge in [0.05, 0.1) is 6.54 Å². The lowest BCUT2D eigenvalue weighted by molar-refractivity contribution is -0.123. The van der Waals surface area contributed by atoms with Crippen LogP contribution in [0.4, 0.5) is 0 Å². The van der Waals surface area contributed by atoms with Gasteiger partial charge in [-0.15, -0.1) is 0 Å². The van der Waals surface area contributed by atoms with Crippen molar-refractivity contribution in [3.8, 4) is 0 Å². The lowest BCUT2D eigenvalue weighted by atomic mass is 9.92. The molecule has 1 aromatic rings. The van der Waals surface area contributed by atoms with Crippen LogP contribution in [0.1, 0.15) is 57.7 Å². The van der Waals surface area contributed by atoms with Gasteiger partial charge in [0.1, 0.15) is 0 Å². The van der Waals surface area contributed by atoms with Crippen LogP contribution in [-0.4, -0.2) is 28.5 Å². The van der Waals surface area contributed by atoms with Crippen molar-refractivity contribution in [2.75, 3.05) is 6.54 Å². The lowest BCUT2D eigenvalue weighted by Gasteiger charge is -2.18. The molecule has 1 aliphatic rings. The van der Waals surface area contributed by atoms with Gasteiger partial charge in [-0.1, -0.05) is 25.9 Å². The zero-order valence-corrected chi connectivity index (χ0v) is 12.7. The number of rotatable bonds is 4. The van der Waals surface area contributed by atoms with Crippen LogP contribution in [0.25, 0.3) is 0 Å². The van der Waals surface area contributed by atoms with Gasteiger partial charge in [0, 0.05) is 25.3 Å². The molecule has 0 radical (unpaired) electrons. The summed E-state index contributed by atoms with van der Waals surface area (Å²) in [7, 11) is 0. The normalized spacial score (nSPS) is 19.2. The number of amides is 2. The van der Waals surface area contributed by atoms with Crippen molar-refractivity contribution in [1.29, 1.82) is 0 Å². The number of piperidine rings is 1. The van der Waals surface area contributed by atoms with Crippen molar-refractivity contribution in [3.05, 3.63) is 11.7 Å². The van der Waals surface area contributed by atoms with E-state index in [9.17, 15) is 9.59 Å². The van der Waals surface area contributed by atoms with Crippen molar-refractivity contribution >= 4 is 11.8 Å². The SMILES string of the molecule is CC(C)(C)CC(=O)NCc1nc(C2CCNC(=O)C2)no1. The molecular formula is C14H22N4O3. The van der Waals surface area contributed by atoms with Gasteiger partial charge in [0.25, 0.3) is 0 Å². The molecule has 1 aromatic heterocycles. The third-order valence-corrected chi connectivity index (χ3v) is 3.22. The Bertz CT molecular complexity index is 519. The van der Waals surface area contributed by atoms with Crippen molar-refractivity contribution in [1.82, 2.24) is 20.8 Å². The monoisotopic (exact) mass is 294 g/mol. The van der Waals surface area contributed by atoms with Gasteiger partial charge >= 0.3 is 0 Å². The van der Waals surface area contributed by atoms with Gasteiger partial charge in [0.15, 0.2) is 5.82 Å². The van der Waals surface area contributed by atoms with Crippen LogP contribution < -0.4 is 10.6 Å². The fraction of sp³-hybridized carbons (Fsp3) is 0.714. The van der Waals surface area contributed by atoms with E-state index in [1.807, 2.05) is 20.8 Å². The highest BCUT2D eigenvalue weighted by Crippen LogP contribution is 2.23. The summed E-state index contributed by atoms with van der Waals surface area (Å²) in [5, 5.41) is 9.44. The molecule has 1 fully saturated rings. The molecule has 1 aliphatic heterocycles. The fourth-order valence-electron chi connectivity index (χ4n) is 2.23. The Balaban J connectivity index is 1.86. The van der Waals surface area contributed by atoms with E-state index >= 15 is 0 Å². The highest BCUT2D eigenvalue weighted by atomic mass is 16.5. The molecule has 2 rings (SSSR count). The third kappa shape index (κ3) is 4.84. The van der Waals surface area contributed by atoms with Gasteiger partial charge in [-0.25, -0.2) is 0 Å². The van der Waals surface area contributed by atoms with Crippen molar-refractivity contribution in [2.45, 2.75) is 52.5 Å². The first-order chi connectivity index (χ1) is 9.83. The van der Waals surface area contributed by atoms with Crippen molar-refractivity contribution < 1.29 is 14.1 Å². The predicted octanol–water partition coefficient (Wildman–Crippen LogP) is 1.12. The van der Waals surface area contributed by atoms with E-state index in [1.54, 1.807) is 0 Å². The summed E-state index contributed by atoms with van der Waals surface area (Å²) in [5.74, 6) is 0.889. The van der Waals surface area contributed by atoms with E-state index in [1.165, 1.54) is 0 Å². The summed E-state index contributed by atoms with van der Waals surface area (Å²) >= 11 is 0. The molecule has 116 valence electrons. The standard InChI is InChI=1S/C14H22N4O3/c1-14(2,3)7-11(20)16-8-12-17-13(18-21-12)9-4-5-15-10(19)6-9/h9H,4-8H2,1-3H3,(H,15,19)(H,16,20). The molecular weight excluding hydrogens is 272 g/mol. The third-order valence-electron chi connectivity index (χ3n) is 3.22. The first-order valence-electron chi connectivity index (χ1n) is 7.19. The van der Waals surface area contributed by atoms with Crippen LogP contribution in [0.2, 0.25) is 0 Å². The quantitative estimate of drug-likeness (QED) is 0.867. The maximum absolute atomic E-state index is 11.7. The molecule has 0 aromatic carbocycles. The Hall–Kier alpha value is -1.92. The number of carbonyl (C=O) groups is 2. The minimum absolute atomic E-state index is 0.00141. The average Bonchev–Trinajstić information content (AvgIpc) is 2.83. The van der Waals surface area contributed by atoms with Crippen molar-refractivity contribution in [2.24, 2.45) is 5.41 Å². The summed E-state index contributed by atoms with van der Waals surface area (Å²) in [6.45, 7) is 6.87. The van der Waals surface area contributed by atoms with Gasteiger partial charge in [-0.2, -0.15) is 4.98 Å². The summed E-state index contributed by atoms with van der Waals surface area (Å²) < 4.78 is 5.13. The summed E-state index contributed by atoms with van der Waals surface area (Å²) in [6.07, 6.45) is 1.63. The zero-order valence-electron chi connectivity index (χ0n) is 12.7. The molecule has 0 aliphatic carbocycles. The molecule has 2 N–H and O–H groups in total. The second-order valence-corrected chi connectivity index (χ2v) is 6.60. The number of nitrogens with one attached hydrogen (secondary N) is 2. The van der Waals surface area contributed by atoms with Gasteiger partial charge < -0.3 is 15.2 Å². The van der Waals surface area contributed by atoms with Crippen LogP contribution in [-0.2, 0) is 16.1 Å². The molecule has 1 unspecified atom stereocenters. The number of nitrogens with zero attached hydrogens (tertiary/aromatic N) is 2. The van der Waals surface area contributed by atoms with E-state index in [4.69, 9.17) is 4.52 Å². The van der Waals surface area contributed by atoms with Crippen LogP contribution in [0.5, 0.6) is 0 Å². The molecule has 2 amide bonds. The van der Waals surface area contributed by atoms with Gasteiger partial charge in [0.2, 0.25) is 17.7 Å². The Labute approximate surface area is 123 Å². The molecule has 1 atom stereocenters. The lowest BCUT2D eigenvalue weighted by Crippen LogP contribution is -2.33. The number of hydrogen-bond donors (Lipinski definition) is 2. The van der Waals surface area contributed by atoms with E-state index < -0.39 is 0 Å². The Morgan fingerprint density at radius 3 is 2.90 bits per heavy atom. The number of carbonyl (C=O) groups excluding carboxylic acids is 2. The number of aromatic nitrogens is 2. The maximum atomic E-state index is 11.7. The first kappa shape index (κ1) is 15.5. The molecule has 7 heteroatoms. The molecule has 1 saturated heterocycles. The highest BCUT2D eigenvalue weighted by molar-refractivity contribution is 5.77. The second-order valence-electron chi connectivity index (χ2n) is 6.60. The van der Waals surface area contributed by atoms with E-state index in [2.05, 4.69) is 20.8 Å². The minimum atomic E-state index is -0.0560. The van der Waals surface area contributed by atoms with Crippen LogP contribution >= 0.6 is 0 Å². The van der Waals surface area contributed by atoms with E-state index in [-0.39, 0.29) is 29.7 Å². The average molecular weight is 294 g/mol. The van der Waals surface area contributed by atoms with Crippen LogP contribution in [0.3, 0.4) is 0 Å². The second kappa shape index (κ2) is 6.24. The Morgan fingerprint density at radius 2 is 2.24 bits per heavy atom. The van der Waals surface area contributed by atoms with Gasteiger partial charge in [-0.3, -0.25) is 9.59 Å². The largest absolute Gasteiger partial charge is 0.356 e.